The highest BCUT2D eigenvalue weighted by Gasteiger charge is 2.26. The van der Waals surface area contributed by atoms with E-state index in [0.29, 0.717) is 18.7 Å². The Morgan fingerprint density at radius 3 is 2.33 bits per heavy atom. The van der Waals surface area contributed by atoms with Gasteiger partial charge in [0.05, 0.1) is 10.5 Å². The first-order chi connectivity index (χ1) is 11.5. The summed E-state index contributed by atoms with van der Waals surface area (Å²) in [6, 6.07) is 4.90. The molecule has 1 aliphatic rings. The summed E-state index contributed by atoms with van der Waals surface area (Å²) in [4.78, 5) is 15.7. The number of amides is 1. The fourth-order valence-electron chi connectivity index (χ4n) is 2.99. The number of rotatable bonds is 6. The maximum absolute atomic E-state index is 12.9. The van der Waals surface area contributed by atoms with Crippen LogP contribution < -0.4 is 0 Å². The van der Waals surface area contributed by atoms with E-state index < -0.39 is 10.0 Å². The molecule has 5 nitrogen and oxygen atoms in total. The van der Waals surface area contributed by atoms with Crippen LogP contribution in [0.1, 0.15) is 43.5 Å². The molecule has 1 heterocycles. The molecule has 0 aromatic heterocycles. The van der Waals surface area contributed by atoms with Gasteiger partial charge in [-0.1, -0.05) is 13.8 Å². The predicted octanol–water partition coefficient (Wildman–Crippen LogP) is 3.07. The lowest BCUT2D eigenvalue weighted by molar-refractivity contribution is 0.0720. The van der Waals surface area contributed by atoms with Gasteiger partial charge in [-0.25, -0.2) is 8.42 Å². The normalized spacial score (nSPS) is 15.8. The molecule has 0 bridgehead atoms. The molecule has 0 atom stereocenters. The molecule has 0 aliphatic carbocycles. The highest BCUT2D eigenvalue weighted by Crippen LogP contribution is 2.27. The van der Waals surface area contributed by atoms with Crippen LogP contribution in [0.25, 0.3) is 0 Å². The lowest BCUT2D eigenvalue weighted by Gasteiger charge is -2.27. The van der Waals surface area contributed by atoms with E-state index in [1.165, 1.54) is 16.1 Å². The number of benzene rings is 1. The van der Waals surface area contributed by atoms with Gasteiger partial charge in [-0.05, 0) is 43.7 Å². The average molecular weight is 371 g/mol. The van der Waals surface area contributed by atoms with Crippen molar-refractivity contribution < 1.29 is 13.2 Å². The van der Waals surface area contributed by atoms with Gasteiger partial charge < -0.3 is 4.90 Å². The molecule has 24 heavy (non-hydrogen) atoms. The van der Waals surface area contributed by atoms with Crippen molar-refractivity contribution in [2.45, 2.75) is 42.9 Å². The minimum absolute atomic E-state index is 0.0596. The van der Waals surface area contributed by atoms with Crippen LogP contribution in [-0.2, 0) is 10.0 Å². The van der Waals surface area contributed by atoms with Crippen molar-refractivity contribution in [1.82, 2.24) is 9.21 Å². The number of hydrogen-bond donors (Lipinski definition) is 0. The van der Waals surface area contributed by atoms with Crippen molar-refractivity contribution in [3.8, 4) is 0 Å². The summed E-state index contributed by atoms with van der Waals surface area (Å²) >= 11 is 1.47. The van der Waals surface area contributed by atoms with Gasteiger partial charge in [0.2, 0.25) is 10.0 Å². The SMILES string of the molecule is CCN(CC)S(=O)(=O)c1ccc(SC)c(C(=O)N2CCCCC2)c1. The second kappa shape index (κ2) is 8.36. The Morgan fingerprint density at radius 1 is 1.17 bits per heavy atom. The summed E-state index contributed by atoms with van der Waals surface area (Å²) in [5.74, 6) is -0.0596. The lowest BCUT2D eigenvalue weighted by atomic mass is 10.1. The Balaban J connectivity index is 2.42. The Hall–Kier alpha value is -1.05. The van der Waals surface area contributed by atoms with Gasteiger partial charge in [-0.3, -0.25) is 4.79 Å². The van der Waals surface area contributed by atoms with Gasteiger partial charge in [0.1, 0.15) is 0 Å². The molecule has 1 fully saturated rings. The number of likely N-dealkylation sites (tertiary alicyclic amines) is 1. The van der Waals surface area contributed by atoms with Gasteiger partial charge in [0.15, 0.2) is 0 Å². The Labute approximate surface area is 149 Å². The van der Waals surface area contributed by atoms with Crippen molar-refractivity contribution in [3.63, 3.8) is 0 Å². The number of carbonyl (C=O) groups is 1. The standard InChI is InChI=1S/C17H26N2O3S2/c1-4-19(5-2)24(21,22)14-9-10-16(23-3)15(13-14)17(20)18-11-7-6-8-12-18/h9-10,13H,4-8,11-12H2,1-3H3. The van der Waals surface area contributed by atoms with Crippen LogP contribution in [0.3, 0.4) is 0 Å². The molecular formula is C17H26N2O3S2. The number of sulfonamides is 1. The van der Waals surface area contributed by atoms with Crippen molar-refractivity contribution >= 4 is 27.7 Å². The van der Waals surface area contributed by atoms with Crippen LogP contribution in [0.4, 0.5) is 0 Å². The van der Waals surface area contributed by atoms with Crippen LogP contribution >= 0.6 is 11.8 Å². The van der Waals surface area contributed by atoms with E-state index in [2.05, 4.69) is 0 Å². The zero-order valence-corrected chi connectivity index (χ0v) is 16.3. The van der Waals surface area contributed by atoms with E-state index >= 15 is 0 Å². The van der Waals surface area contributed by atoms with Gasteiger partial charge in [-0.2, -0.15) is 4.31 Å². The van der Waals surface area contributed by atoms with Gasteiger partial charge >= 0.3 is 0 Å². The van der Waals surface area contributed by atoms with Crippen molar-refractivity contribution in [2.75, 3.05) is 32.4 Å². The minimum Gasteiger partial charge on any atom is -0.339 e. The first kappa shape index (κ1) is 19.3. The zero-order valence-electron chi connectivity index (χ0n) is 14.6. The number of hydrogen-bond acceptors (Lipinski definition) is 4. The molecule has 0 spiro atoms. The first-order valence-electron chi connectivity index (χ1n) is 8.43. The zero-order chi connectivity index (χ0) is 17.7. The first-order valence-corrected chi connectivity index (χ1v) is 11.1. The second-order valence-corrected chi connectivity index (χ2v) is 8.59. The van der Waals surface area contributed by atoms with Crippen molar-refractivity contribution in [1.29, 1.82) is 0 Å². The molecule has 1 aromatic rings. The summed E-state index contributed by atoms with van der Waals surface area (Å²) in [6.45, 7) is 5.96. The molecular weight excluding hydrogens is 344 g/mol. The molecule has 7 heteroatoms. The quantitative estimate of drug-likeness (QED) is 0.722. The third kappa shape index (κ3) is 3.95. The summed E-state index contributed by atoms with van der Waals surface area (Å²) in [7, 11) is -3.56. The summed E-state index contributed by atoms with van der Waals surface area (Å²) in [5.41, 5.74) is 0.498. The molecule has 0 N–H and O–H groups in total. The largest absolute Gasteiger partial charge is 0.339 e. The smallest absolute Gasteiger partial charge is 0.255 e. The highest BCUT2D eigenvalue weighted by atomic mass is 32.2. The van der Waals surface area contributed by atoms with Crippen LogP contribution in [0.2, 0.25) is 0 Å². The maximum Gasteiger partial charge on any atom is 0.255 e. The number of thioether (sulfide) groups is 1. The van der Waals surface area contributed by atoms with Crippen LogP contribution in [-0.4, -0.2) is 56.0 Å². The number of piperidine rings is 1. The molecule has 1 aliphatic heterocycles. The third-order valence-corrected chi connectivity index (χ3v) is 7.23. The van der Waals surface area contributed by atoms with Crippen LogP contribution in [0, 0.1) is 0 Å². The molecule has 1 aromatic carbocycles. The molecule has 1 saturated heterocycles. The minimum atomic E-state index is -3.56. The van der Waals surface area contributed by atoms with Gasteiger partial charge in [0, 0.05) is 31.1 Å². The monoisotopic (exact) mass is 370 g/mol. The van der Waals surface area contributed by atoms with E-state index in [1.807, 2.05) is 25.0 Å². The maximum atomic E-state index is 12.9. The second-order valence-electron chi connectivity index (χ2n) is 5.80. The molecule has 134 valence electrons. The summed E-state index contributed by atoms with van der Waals surface area (Å²) < 4.78 is 26.9. The van der Waals surface area contributed by atoms with E-state index in [1.54, 1.807) is 18.2 Å². The van der Waals surface area contributed by atoms with Crippen LogP contribution in [0.15, 0.2) is 28.0 Å². The van der Waals surface area contributed by atoms with Gasteiger partial charge in [-0.15, -0.1) is 11.8 Å². The van der Waals surface area contributed by atoms with E-state index in [9.17, 15) is 13.2 Å². The van der Waals surface area contributed by atoms with Gasteiger partial charge in [0.25, 0.3) is 5.91 Å². The lowest BCUT2D eigenvalue weighted by Crippen LogP contribution is -2.36. The van der Waals surface area contributed by atoms with E-state index in [4.69, 9.17) is 0 Å². The summed E-state index contributed by atoms with van der Waals surface area (Å²) in [6.07, 6.45) is 5.08. The molecule has 0 saturated carbocycles. The molecule has 0 unspecified atom stereocenters. The summed E-state index contributed by atoms with van der Waals surface area (Å²) in [5, 5.41) is 0. The number of carbonyl (C=O) groups excluding carboxylic acids is 1. The number of nitrogens with zero attached hydrogens (tertiary/aromatic N) is 2. The highest BCUT2D eigenvalue weighted by molar-refractivity contribution is 7.98. The van der Waals surface area contributed by atoms with Crippen LogP contribution in [0.5, 0.6) is 0 Å². The molecule has 0 radical (unpaired) electrons. The van der Waals surface area contributed by atoms with Crippen molar-refractivity contribution in [3.05, 3.63) is 23.8 Å². The fourth-order valence-corrected chi connectivity index (χ4v) is 5.05. The fraction of sp³-hybridized carbons (Fsp3) is 0.588. The Bertz CT molecular complexity index is 679. The molecule has 2 rings (SSSR count). The molecule has 1 amide bonds. The predicted molar refractivity (Wildman–Crippen MR) is 98.1 cm³/mol. The van der Waals surface area contributed by atoms with Crippen molar-refractivity contribution in [2.24, 2.45) is 0 Å². The third-order valence-electron chi connectivity index (χ3n) is 4.39. The Kier molecular flexibility index (Phi) is 6.71. The van der Waals surface area contributed by atoms with E-state index in [-0.39, 0.29) is 10.8 Å². The van der Waals surface area contributed by atoms with E-state index in [0.717, 1.165) is 37.2 Å². The topological polar surface area (TPSA) is 57.7 Å². The average Bonchev–Trinajstić information content (AvgIpc) is 2.62. The Morgan fingerprint density at radius 2 is 1.79 bits per heavy atom.